The number of para-hydroxylation sites is 1. The Labute approximate surface area is 165 Å². The highest BCUT2D eigenvalue weighted by atomic mass is 16.5. The van der Waals surface area contributed by atoms with Crippen molar-refractivity contribution in [1.82, 2.24) is 20.2 Å². The van der Waals surface area contributed by atoms with Crippen molar-refractivity contribution >= 4 is 11.9 Å². The van der Waals surface area contributed by atoms with Crippen LogP contribution in [0.4, 0.5) is 5.95 Å². The predicted octanol–water partition coefficient (Wildman–Crippen LogP) is 1.52. The molecule has 1 aliphatic rings. The Kier molecular flexibility index (Phi) is 6.89. The van der Waals surface area contributed by atoms with Gasteiger partial charge in [0.05, 0.1) is 7.11 Å². The predicted molar refractivity (Wildman–Crippen MR) is 110 cm³/mol. The van der Waals surface area contributed by atoms with E-state index in [1.807, 2.05) is 18.2 Å². The van der Waals surface area contributed by atoms with E-state index in [2.05, 4.69) is 32.0 Å². The molecule has 0 bridgehead atoms. The zero-order valence-corrected chi connectivity index (χ0v) is 16.5. The van der Waals surface area contributed by atoms with Crippen LogP contribution in [-0.4, -0.2) is 72.3 Å². The molecule has 2 aromatic rings. The summed E-state index contributed by atoms with van der Waals surface area (Å²) in [6, 6.07) is 7.37. The van der Waals surface area contributed by atoms with Crippen molar-refractivity contribution in [2.75, 3.05) is 51.3 Å². The smallest absolute Gasteiger partial charge is 0.225 e. The van der Waals surface area contributed by atoms with Crippen molar-refractivity contribution in [3.63, 3.8) is 0 Å². The van der Waals surface area contributed by atoms with Gasteiger partial charge in [0.15, 0.2) is 17.5 Å². The van der Waals surface area contributed by atoms with Crippen LogP contribution in [0.3, 0.4) is 0 Å². The van der Waals surface area contributed by atoms with E-state index >= 15 is 0 Å². The molecule has 0 aliphatic carbocycles. The lowest BCUT2D eigenvalue weighted by atomic mass is 10.1. The number of hydrogen-bond donors (Lipinski definition) is 2. The zero-order valence-electron chi connectivity index (χ0n) is 16.5. The summed E-state index contributed by atoms with van der Waals surface area (Å²) in [7, 11) is 1.56. The van der Waals surface area contributed by atoms with Crippen molar-refractivity contribution in [2.45, 2.75) is 13.3 Å². The van der Waals surface area contributed by atoms with E-state index in [1.54, 1.807) is 25.6 Å². The number of aliphatic imine (C=N–C) groups is 1. The summed E-state index contributed by atoms with van der Waals surface area (Å²) in [5.41, 5.74) is 0.838. The van der Waals surface area contributed by atoms with E-state index < -0.39 is 0 Å². The second-order valence-electron chi connectivity index (χ2n) is 6.48. The molecule has 3 rings (SSSR count). The number of rotatable bonds is 6. The van der Waals surface area contributed by atoms with E-state index in [0.29, 0.717) is 18.7 Å². The number of benzene rings is 1. The van der Waals surface area contributed by atoms with E-state index in [4.69, 9.17) is 9.73 Å². The monoisotopic (exact) mass is 384 g/mol. The molecule has 8 nitrogen and oxygen atoms in total. The van der Waals surface area contributed by atoms with Crippen LogP contribution < -0.4 is 15.0 Å². The molecule has 0 unspecified atom stereocenters. The largest absolute Gasteiger partial charge is 0.504 e. The number of anilines is 1. The number of hydrogen-bond acceptors (Lipinski definition) is 6. The second kappa shape index (κ2) is 9.77. The molecule has 1 aromatic carbocycles. The number of aromatic nitrogens is 2. The average molecular weight is 384 g/mol. The fraction of sp³-hybridized carbons (Fsp3) is 0.450. The second-order valence-corrected chi connectivity index (χ2v) is 6.48. The summed E-state index contributed by atoms with van der Waals surface area (Å²) in [5, 5.41) is 13.6. The van der Waals surface area contributed by atoms with E-state index in [9.17, 15) is 5.11 Å². The van der Waals surface area contributed by atoms with Crippen LogP contribution in [0.15, 0.2) is 41.7 Å². The Bertz CT molecular complexity index is 776. The van der Waals surface area contributed by atoms with Gasteiger partial charge >= 0.3 is 0 Å². The molecule has 0 radical (unpaired) electrons. The van der Waals surface area contributed by atoms with Gasteiger partial charge in [0.2, 0.25) is 5.95 Å². The van der Waals surface area contributed by atoms with Gasteiger partial charge in [-0.1, -0.05) is 12.1 Å². The summed E-state index contributed by atoms with van der Waals surface area (Å²) < 4.78 is 5.17. The van der Waals surface area contributed by atoms with Crippen LogP contribution in [0.25, 0.3) is 0 Å². The van der Waals surface area contributed by atoms with Crippen LogP contribution in [-0.2, 0) is 6.42 Å². The molecule has 0 amide bonds. The number of phenolic OH excluding ortho intramolecular Hbond substituents is 1. The third kappa shape index (κ3) is 4.82. The maximum Gasteiger partial charge on any atom is 0.225 e. The van der Waals surface area contributed by atoms with Crippen molar-refractivity contribution in [1.29, 1.82) is 0 Å². The third-order valence-electron chi connectivity index (χ3n) is 4.69. The number of piperazine rings is 1. The van der Waals surface area contributed by atoms with Gasteiger partial charge < -0.3 is 25.0 Å². The SMILES string of the molecule is CCNC(=NCCc1cccc(OC)c1O)N1CCN(c2ncccn2)CC1. The molecule has 2 N–H and O–H groups in total. The summed E-state index contributed by atoms with van der Waals surface area (Å²) in [6.07, 6.45) is 4.19. The minimum Gasteiger partial charge on any atom is -0.504 e. The number of aromatic hydroxyl groups is 1. The normalized spacial score (nSPS) is 14.9. The lowest BCUT2D eigenvalue weighted by Gasteiger charge is -2.36. The Hall–Kier alpha value is -3.03. The molecule has 8 heteroatoms. The topological polar surface area (TPSA) is 86.1 Å². The van der Waals surface area contributed by atoms with Crippen LogP contribution in [0.5, 0.6) is 11.5 Å². The van der Waals surface area contributed by atoms with Crippen LogP contribution in [0.1, 0.15) is 12.5 Å². The van der Waals surface area contributed by atoms with Gasteiger partial charge in [-0.2, -0.15) is 0 Å². The van der Waals surface area contributed by atoms with Crippen molar-refractivity contribution in [3.8, 4) is 11.5 Å². The highest BCUT2D eigenvalue weighted by Gasteiger charge is 2.21. The molecular weight excluding hydrogens is 356 g/mol. The molecule has 0 spiro atoms. The summed E-state index contributed by atoms with van der Waals surface area (Å²) in [4.78, 5) is 17.9. The molecule has 150 valence electrons. The Morgan fingerprint density at radius 2 is 1.93 bits per heavy atom. The van der Waals surface area contributed by atoms with Gasteiger partial charge in [0, 0.05) is 51.7 Å². The molecule has 1 saturated heterocycles. The first-order valence-electron chi connectivity index (χ1n) is 9.63. The molecule has 0 atom stereocenters. The summed E-state index contributed by atoms with van der Waals surface area (Å²) >= 11 is 0. The summed E-state index contributed by atoms with van der Waals surface area (Å²) in [5.74, 6) is 2.37. The van der Waals surface area contributed by atoms with Crippen LogP contribution >= 0.6 is 0 Å². The van der Waals surface area contributed by atoms with E-state index in [0.717, 1.165) is 50.2 Å². The van der Waals surface area contributed by atoms with Gasteiger partial charge in [-0.25, -0.2) is 9.97 Å². The molecule has 1 aliphatic heterocycles. The van der Waals surface area contributed by atoms with Gasteiger partial charge in [-0.15, -0.1) is 0 Å². The standard InChI is InChI=1S/C20H28N6O2/c1-3-21-19(24-11-8-16-6-4-7-17(28-2)18(16)27)25-12-14-26(15-13-25)20-22-9-5-10-23-20/h4-7,9-10,27H,3,8,11-15H2,1-2H3,(H,21,24). The minimum absolute atomic E-state index is 0.196. The number of guanidine groups is 1. The van der Waals surface area contributed by atoms with E-state index in [-0.39, 0.29) is 5.75 Å². The number of ether oxygens (including phenoxy) is 1. The van der Waals surface area contributed by atoms with Gasteiger partial charge in [-0.3, -0.25) is 4.99 Å². The van der Waals surface area contributed by atoms with Gasteiger partial charge in [0.1, 0.15) is 0 Å². The van der Waals surface area contributed by atoms with Crippen LogP contribution in [0, 0.1) is 0 Å². The number of nitrogens with one attached hydrogen (secondary N) is 1. The molecule has 0 saturated carbocycles. The summed E-state index contributed by atoms with van der Waals surface area (Å²) in [6.45, 7) is 6.88. The van der Waals surface area contributed by atoms with Gasteiger partial charge in [-0.05, 0) is 31.0 Å². The number of phenols is 1. The highest BCUT2D eigenvalue weighted by Crippen LogP contribution is 2.29. The molecular formula is C20H28N6O2. The minimum atomic E-state index is 0.196. The number of methoxy groups -OCH3 is 1. The Morgan fingerprint density at radius 3 is 2.61 bits per heavy atom. The molecule has 1 aromatic heterocycles. The highest BCUT2D eigenvalue weighted by molar-refractivity contribution is 5.80. The zero-order chi connectivity index (χ0) is 19.8. The first kappa shape index (κ1) is 19.7. The maximum absolute atomic E-state index is 10.2. The van der Waals surface area contributed by atoms with E-state index in [1.165, 1.54) is 0 Å². The Morgan fingerprint density at radius 1 is 1.18 bits per heavy atom. The third-order valence-corrected chi connectivity index (χ3v) is 4.69. The van der Waals surface area contributed by atoms with Crippen molar-refractivity contribution < 1.29 is 9.84 Å². The lowest BCUT2D eigenvalue weighted by molar-refractivity contribution is 0.368. The molecule has 2 heterocycles. The first-order valence-corrected chi connectivity index (χ1v) is 9.63. The quantitative estimate of drug-likeness (QED) is 0.577. The number of nitrogens with zero attached hydrogens (tertiary/aromatic N) is 5. The Balaban J connectivity index is 1.59. The van der Waals surface area contributed by atoms with Crippen molar-refractivity contribution in [3.05, 3.63) is 42.2 Å². The first-order chi connectivity index (χ1) is 13.7. The average Bonchev–Trinajstić information content (AvgIpc) is 2.75. The fourth-order valence-corrected chi connectivity index (χ4v) is 3.22. The fourth-order valence-electron chi connectivity index (χ4n) is 3.22. The molecule has 1 fully saturated rings. The lowest BCUT2D eigenvalue weighted by Crippen LogP contribution is -2.53. The van der Waals surface area contributed by atoms with Gasteiger partial charge in [0.25, 0.3) is 0 Å². The molecule has 28 heavy (non-hydrogen) atoms. The van der Waals surface area contributed by atoms with Crippen LogP contribution in [0.2, 0.25) is 0 Å². The maximum atomic E-state index is 10.2. The van der Waals surface area contributed by atoms with Crippen molar-refractivity contribution in [2.24, 2.45) is 4.99 Å².